The molecule has 0 bridgehead atoms. The molecule has 0 aliphatic carbocycles. The van der Waals surface area contributed by atoms with Crippen LogP contribution >= 0.6 is 0 Å². The number of anilines is 2. The molecule has 2 N–H and O–H groups in total. The van der Waals surface area contributed by atoms with E-state index < -0.39 is 0 Å². The van der Waals surface area contributed by atoms with E-state index in [4.69, 9.17) is 4.98 Å². The molecule has 2 heterocycles. The summed E-state index contributed by atoms with van der Waals surface area (Å²) in [6.45, 7) is 14.7. The number of hydrogen-bond donors (Lipinski definition) is 2. The lowest BCUT2D eigenvalue weighted by atomic mass is 9.88. The molecule has 202 valence electrons. The SMILES string of the molecule is CC(C)c1ccccc1C(Nc1c(C(C)C)cccc1C(C)C)c1cccc(-c2cccc3c2NCCC3)n1. The third-order valence-corrected chi connectivity index (χ3v) is 8.01. The van der Waals surface area contributed by atoms with Gasteiger partial charge in [0.1, 0.15) is 0 Å². The van der Waals surface area contributed by atoms with Gasteiger partial charge in [0.25, 0.3) is 0 Å². The van der Waals surface area contributed by atoms with Crippen LogP contribution in [0.5, 0.6) is 0 Å². The molecule has 1 aliphatic heterocycles. The highest BCUT2D eigenvalue weighted by atomic mass is 15.0. The molecular weight excluding hydrogens is 474 g/mol. The van der Waals surface area contributed by atoms with E-state index in [2.05, 4.69) is 131 Å². The van der Waals surface area contributed by atoms with Gasteiger partial charge < -0.3 is 10.6 Å². The Kier molecular flexibility index (Phi) is 8.07. The molecule has 1 aromatic heterocycles. The molecule has 0 fully saturated rings. The Hall–Kier alpha value is -3.59. The van der Waals surface area contributed by atoms with Crippen LogP contribution in [0.15, 0.2) is 78.9 Å². The number of aromatic nitrogens is 1. The largest absolute Gasteiger partial charge is 0.384 e. The van der Waals surface area contributed by atoms with E-state index in [0.717, 1.165) is 24.4 Å². The summed E-state index contributed by atoms with van der Waals surface area (Å²) in [6.07, 6.45) is 2.29. The van der Waals surface area contributed by atoms with Gasteiger partial charge in [-0.15, -0.1) is 0 Å². The van der Waals surface area contributed by atoms with Gasteiger partial charge in [-0.2, -0.15) is 0 Å². The van der Waals surface area contributed by atoms with Gasteiger partial charge in [-0.05, 0) is 70.5 Å². The van der Waals surface area contributed by atoms with Crippen LogP contribution in [0.4, 0.5) is 11.4 Å². The van der Waals surface area contributed by atoms with Gasteiger partial charge in [-0.1, -0.05) is 108 Å². The van der Waals surface area contributed by atoms with E-state index in [9.17, 15) is 0 Å². The van der Waals surface area contributed by atoms with Gasteiger partial charge in [-0.3, -0.25) is 4.98 Å². The van der Waals surface area contributed by atoms with Crippen molar-refractivity contribution in [1.82, 2.24) is 4.98 Å². The maximum atomic E-state index is 5.37. The summed E-state index contributed by atoms with van der Waals surface area (Å²) in [5, 5.41) is 7.73. The van der Waals surface area contributed by atoms with Gasteiger partial charge in [0, 0.05) is 23.5 Å². The minimum Gasteiger partial charge on any atom is -0.384 e. The zero-order chi connectivity index (χ0) is 27.5. The molecule has 0 amide bonds. The third kappa shape index (κ3) is 5.59. The first kappa shape index (κ1) is 27.0. The molecule has 1 atom stereocenters. The van der Waals surface area contributed by atoms with Crippen LogP contribution in [-0.2, 0) is 6.42 Å². The predicted octanol–water partition coefficient (Wildman–Crippen LogP) is 9.68. The molecule has 4 aromatic rings. The van der Waals surface area contributed by atoms with Crippen LogP contribution in [0.2, 0.25) is 0 Å². The van der Waals surface area contributed by atoms with Crippen LogP contribution in [-0.4, -0.2) is 11.5 Å². The predicted molar refractivity (Wildman–Crippen MR) is 167 cm³/mol. The number of pyridine rings is 1. The summed E-state index contributed by atoms with van der Waals surface area (Å²) in [4.78, 5) is 5.37. The van der Waals surface area contributed by atoms with Gasteiger partial charge in [-0.25, -0.2) is 0 Å². The number of para-hydroxylation sites is 2. The lowest BCUT2D eigenvalue weighted by Gasteiger charge is -2.29. The summed E-state index contributed by atoms with van der Waals surface area (Å²) >= 11 is 0. The van der Waals surface area contributed by atoms with Crippen LogP contribution in [0, 0.1) is 0 Å². The Morgan fingerprint density at radius 1 is 0.667 bits per heavy atom. The van der Waals surface area contributed by atoms with Crippen molar-refractivity contribution in [3.63, 3.8) is 0 Å². The van der Waals surface area contributed by atoms with Crippen molar-refractivity contribution in [1.29, 1.82) is 0 Å². The summed E-state index contributed by atoms with van der Waals surface area (Å²) < 4.78 is 0. The minimum atomic E-state index is -0.0755. The Bertz CT molecular complexity index is 1410. The van der Waals surface area contributed by atoms with Crippen molar-refractivity contribution >= 4 is 11.4 Å². The first-order chi connectivity index (χ1) is 18.8. The lowest BCUT2D eigenvalue weighted by Crippen LogP contribution is -2.19. The smallest absolute Gasteiger partial charge is 0.0943 e. The summed E-state index contributed by atoms with van der Waals surface area (Å²) in [7, 11) is 0. The van der Waals surface area contributed by atoms with E-state index in [-0.39, 0.29) is 6.04 Å². The van der Waals surface area contributed by atoms with Crippen molar-refractivity contribution in [3.05, 3.63) is 112 Å². The first-order valence-corrected chi connectivity index (χ1v) is 14.7. The van der Waals surface area contributed by atoms with Gasteiger partial charge >= 0.3 is 0 Å². The molecule has 0 saturated carbocycles. The van der Waals surface area contributed by atoms with E-state index in [1.54, 1.807) is 0 Å². The maximum absolute atomic E-state index is 5.37. The van der Waals surface area contributed by atoms with Crippen molar-refractivity contribution in [2.24, 2.45) is 0 Å². The second-order valence-electron chi connectivity index (χ2n) is 11.8. The quantitative estimate of drug-likeness (QED) is 0.244. The van der Waals surface area contributed by atoms with E-state index in [1.165, 1.54) is 51.2 Å². The van der Waals surface area contributed by atoms with Crippen LogP contribution in [0.3, 0.4) is 0 Å². The molecule has 1 unspecified atom stereocenters. The second kappa shape index (κ2) is 11.7. The van der Waals surface area contributed by atoms with Gasteiger partial charge in [0.15, 0.2) is 0 Å². The van der Waals surface area contributed by atoms with Gasteiger partial charge in [0.05, 0.1) is 17.4 Å². The second-order valence-corrected chi connectivity index (χ2v) is 11.8. The average Bonchev–Trinajstić information content (AvgIpc) is 2.95. The van der Waals surface area contributed by atoms with E-state index in [1.807, 2.05) is 0 Å². The molecule has 3 heteroatoms. The third-order valence-electron chi connectivity index (χ3n) is 8.01. The number of rotatable bonds is 8. The molecular formula is C36H43N3. The molecule has 0 spiro atoms. The fourth-order valence-electron chi connectivity index (χ4n) is 5.96. The maximum Gasteiger partial charge on any atom is 0.0943 e. The average molecular weight is 518 g/mol. The minimum absolute atomic E-state index is 0.0755. The van der Waals surface area contributed by atoms with Gasteiger partial charge in [0.2, 0.25) is 0 Å². The number of nitrogens with zero attached hydrogens (tertiary/aromatic N) is 1. The summed E-state index contributed by atoms with van der Waals surface area (Å²) in [5.41, 5.74) is 12.5. The fraction of sp³-hybridized carbons (Fsp3) is 0.361. The number of fused-ring (bicyclic) bond motifs is 1. The number of benzene rings is 3. The lowest BCUT2D eigenvalue weighted by molar-refractivity contribution is 0.788. The van der Waals surface area contributed by atoms with Crippen molar-refractivity contribution in [2.75, 3.05) is 17.2 Å². The molecule has 0 radical (unpaired) electrons. The first-order valence-electron chi connectivity index (χ1n) is 14.7. The van der Waals surface area contributed by atoms with Crippen molar-refractivity contribution in [2.45, 2.75) is 78.2 Å². The molecule has 39 heavy (non-hydrogen) atoms. The van der Waals surface area contributed by atoms with Crippen LogP contribution in [0.1, 0.15) is 105 Å². The number of aryl methyl sites for hydroxylation is 1. The zero-order valence-corrected chi connectivity index (χ0v) is 24.4. The summed E-state index contributed by atoms with van der Waals surface area (Å²) in [6, 6.07) is 28.7. The van der Waals surface area contributed by atoms with E-state index in [0.29, 0.717) is 17.8 Å². The normalized spacial score (nSPS) is 13.9. The highest BCUT2D eigenvalue weighted by molar-refractivity contribution is 5.79. The van der Waals surface area contributed by atoms with Crippen LogP contribution < -0.4 is 10.6 Å². The van der Waals surface area contributed by atoms with Crippen LogP contribution in [0.25, 0.3) is 11.3 Å². The Balaban J connectivity index is 1.68. The Morgan fingerprint density at radius 2 is 1.28 bits per heavy atom. The van der Waals surface area contributed by atoms with E-state index >= 15 is 0 Å². The van der Waals surface area contributed by atoms with Crippen molar-refractivity contribution in [3.8, 4) is 11.3 Å². The molecule has 5 rings (SSSR count). The highest BCUT2D eigenvalue weighted by Gasteiger charge is 2.24. The molecule has 3 nitrogen and oxygen atoms in total. The Morgan fingerprint density at radius 3 is 1.97 bits per heavy atom. The number of nitrogens with one attached hydrogen (secondary N) is 2. The highest BCUT2D eigenvalue weighted by Crippen LogP contribution is 2.39. The Labute approximate surface area is 235 Å². The molecule has 1 aliphatic rings. The molecule has 0 saturated heterocycles. The summed E-state index contributed by atoms with van der Waals surface area (Å²) in [5.74, 6) is 1.23. The zero-order valence-electron chi connectivity index (χ0n) is 24.4. The fourth-order valence-corrected chi connectivity index (χ4v) is 5.96. The standard InChI is InChI=1S/C36H43N3/c1-23(2)27-15-7-8-16-30(27)36(39-35-28(24(3)4)17-10-18-29(35)25(5)6)33-21-11-20-32(38-33)31-19-9-13-26-14-12-22-37-34(26)31/h7-11,13,15-21,23-25,36-37,39H,12,14,22H2,1-6H3. The molecule has 3 aromatic carbocycles. The van der Waals surface area contributed by atoms with Crippen molar-refractivity contribution < 1.29 is 0 Å². The topological polar surface area (TPSA) is 37.0 Å². The monoisotopic (exact) mass is 517 g/mol. The number of hydrogen-bond acceptors (Lipinski definition) is 3.